The van der Waals surface area contributed by atoms with Crippen molar-refractivity contribution in [3.8, 4) is 0 Å². The molecule has 2 N–H and O–H groups in total. The molecule has 0 radical (unpaired) electrons. The van der Waals surface area contributed by atoms with Crippen molar-refractivity contribution in [3.05, 3.63) is 48.3 Å². The summed E-state index contributed by atoms with van der Waals surface area (Å²) in [6.07, 6.45) is 3.76. The Kier molecular flexibility index (Phi) is 4.51. The summed E-state index contributed by atoms with van der Waals surface area (Å²) in [5, 5.41) is 9.98. The van der Waals surface area contributed by atoms with Gasteiger partial charge in [-0.3, -0.25) is 19.3 Å². The zero-order valence-corrected chi connectivity index (χ0v) is 14.2. The maximum absolute atomic E-state index is 12.7. The molecular weight excluding hydrogens is 320 g/mol. The van der Waals surface area contributed by atoms with E-state index in [2.05, 4.69) is 10.2 Å². The van der Waals surface area contributed by atoms with Gasteiger partial charge in [-0.1, -0.05) is 18.2 Å². The molecule has 25 heavy (non-hydrogen) atoms. The first-order valence-electron chi connectivity index (χ1n) is 7.90. The van der Waals surface area contributed by atoms with E-state index in [-0.39, 0.29) is 12.3 Å². The van der Waals surface area contributed by atoms with E-state index in [1.54, 1.807) is 22.8 Å². The minimum Gasteiger partial charge on any atom is -0.368 e. The van der Waals surface area contributed by atoms with Crippen LogP contribution in [-0.4, -0.2) is 45.3 Å². The Bertz CT molecular complexity index is 814. The van der Waals surface area contributed by atoms with Crippen LogP contribution in [0.25, 0.3) is 0 Å². The zero-order chi connectivity index (χ0) is 18.0. The highest BCUT2D eigenvalue weighted by molar-refractivity contribution is 6.40. The number of nitrogens with two attached hydrogens (primary N) is 1. The number of nitrogens with zero attached hydrogens (tertiary/aromatic N) is 5. The van der Waals surface area contributed by atoms with Crippen LogP contribution in [0.2, 0.25) is 0 Å². The maximum Gasteiger partial charge on any atom is 0.270 e. The summed E-state index contributed by atoms with van der Waals surface area (Å²) in [7, 11) is 3.52. The lowest BCUT2D eigenvalue weighted by Crippen LogP contribution is -2.40. The molecular formula is C17H20N6O2. The van der Waals surface area contributed by atoms with Gasteiger partial charge in [-0.05, 0) is 12.1 Å². The molecule has 1 aliphatic heterocycles. The van der Waals surface area contributed by atoms with Crippen molar-refractivity contribution >= 4 is 23.2 Å². The van der Waals surface area contributed by atoms with Gasteiger partial charge in [0.1, 0.15) is 11.8 Å². The number of aryl methyl sites for hydroxylation is 1. The molecule has 1 atom stereocenters. The largest absolute Gasteiger partial charge is 0.368 e. The van der Waals surface area contributed by atoms with Crippen LogP contribution < -0.4 is 10.7 Å². The molecule has 8 heteroatoms. The van der Waals surface area contributed by atoms with Gasteiger partial charge in [0.2, 0.25) is 5.91 Å². The lowest BCUT2D eigenvalue weighted by atomic mass is 10.1. The number of carbonyl (C=O) groups excluding carboxylic acids is 2. The molecule has 0 spiro atoms. The molecule has 1 aliphatic rings. The Morgan fingerprint density at radius 3 is 2.64 bits per heavy atom. The van der Waals surface area contributed by atoms with Gasteiger partial charge in [0.15, 0.2) is 0 Å². The van der Waals surface area contributed by atoms with Gasteiger partial charge in [-0.2, -0.15) is 10.2 Å². The summed E-state index contributed by atoms with van der Waals surface area (Å²) < 4.78 is 1.68. The van der Waals surface area contributed by atoms with Crippen LogP contribution in [0.1, 0.15) is 12.0 Å². The number of aromatic nitrogens is 2. The first-order valence-corrected chi connectivity index (χ1v) is 7.90. The number of primary amides is 1. The lowest BCUT2D eigenvalue weighted by molar-refractivity contribution is -0.123. The van der Waals surface area contributed by atoms with Crippen molar-refractivity contribution in [2.75, 3.05) is 12.1 Å². The fraction of sp³-hybridized carbons (Fsp3) is 0.294. The van der Waals surface area contributed by atoms with Crippen molar-refractivity contribution in [2.45, 2.75) is 19.0 Å². The van der Waals surface area contributed by atoms with Crippen molar-refractivity contribution in [3.63, 3.8) is 0 Å². The Hall–Kier alpha value is -3.16. The van der Waals surface area contributed by atoms with E-state index in [9.17, 15) is 9.59 Å². The van der Waals surface area contributed by atoms with Crippen LogP contribution in [0, 0.1) is 0 Å². The summed E-state index contributed by atoms with van der Waals surface area (Å²) in [5.41, 5.74) is 7.46. The third kappa shape index (κ3) is 3.52. The summed E-state index contributed by atoms with van der Waals surface area (Å²) in [6, 6.07) is 8.55. The molecule has 2 aromatic rings. The number of anilines is 1. The number of hydrogen-bond acceptors (Lipinski definition) is 5. The average molecular weight is 340 g/mol. The second kappa shape index (κ2) is 6.76. The fourth-order valence-corrected chi connectivity index (χ4v) is 2.80. The monoisotopic (exact) mass is 340 g/mol. The highest BCUT2D eigenvalue weighted by atomic mass is 16.2. The number of benzene rings is 1. The fourth-order valence-electron chi connectivity index (χ4n) is 2.80. The average Bonchev–Trinajstić information content (AvgIpc) is 3.21. The van der Waals surface area contributed by atoms with Gasteiger partial charge in [0.05, 0.1) is 11.9 Å². The number of rotatable bonds is 5. The predicted octanol–water partition coefficient (Wildman–Crippen LogP) is 0.499. The van der Waals surface area contributed by atoms with Gasteiger partial charge in [0, 0.05) is 38.8 Å². The number of hydrazone groups is 1. The summed E-state index contributed by atoms with van der Waals surface area (Å²) in [6.45, 7) is 0.415. The summed E-state index contributed by atoms with van der Waals surface area (Å²) >= 11 is 0. The van der Waals surface area contributed by atoms with Crippen LogP contribution in [-0.2, 0) is 23.2 Å². The molecule has 0 saturated carbocycles. The van der Waals surface area contributed by atoms with E-state index in [0.29, 0.717) is 12.3 Å². The highest BCUT2D eigenvalue weighted by Gasteiger charge is 2.35. The van der Waals surface area contributed by atoms with E-state index in [1.807, 2.05) is 43.6 Å². The van der Waals surface area contributed by atoms with Gasteiger partial charge >= 0.3 is 0 Å². The van der Waals surface area contributed by atoms with Gasteiger partial charge < -0.3 is 10.6 Å². The molecule has 0 saturated heterocycles. The molecule has 0 aliphatic carbocycles. The number of hydrogen-bond donors (Lipinski definition) is 1. The Morgan fingerprint density at radius 2 is 2.04 bits per heavy atom. The molecule has 0 fully saturated rings. The smallest absolute Gasteiger partial charge is 0.270 e. The minimum absolute atomic E-state index is 0.195. The SMILES string of the molecule is CN(Cc1cnn(C)c1)C(=O)C1=NN(c2ccccc2)C(C(N)=O)C1. The molecule has 130 valence electrons. The van der Waals surface area contributed by atoms with Gasteiger partial charge in [-0.15, -0.1) is 0 Å². The third-order valence-corrected chi connectivity index (χ3v) is 4.03. The van der Waals surface area contributed by atoms with Crippen LogP contribution in [0.4, 0.5) is 5.69 Å². The number of para-hydroxylation sites is 1. The van der Waals surface area contributed by atoms with Gasteiger partial charge in [0.25, 0.3) is 5.91 Å². The van der Waals surface area contributed by atoms with Crippen molar-refractivity contribution in [1.82, 2.24) is 14.7 Å². The molecule has 1 aromatic heterocycles. The van der Waals surface area contributed by atoms with Crippen molar-refractivity contribution in [1.29, 1.82) is 0 Å². The van der Waals surface area contributed by atoms with E-state index in [4.69, 9.17) is 5.73 Å². The normalized spacial score (nSPS) is 16.6. The molecule has 3 rings (SSSR count). The maximum atomic E-state index is 12.7. The second-order valence-corrected chi connectivity index (χ2v) is 6.03. The molecule has 1 unspecified atom stereocenters. The zero-order valence-electron chi connectivity index (χ0n) is 14.2. The van der Waals surface area contributed by atoms with E-state index in [0.717, 1.165) is 11.3 Å². The van der Waals surface area contributed by atoms with Crippen LogP contribution in [0.3, 0.4) is 0 Å². The minimum atomic E-state index is -0.659. The van der Waals surface area contributed by atoms with Crippen molar-refractivity contribution in [2.24, 2.45) is 17.9 Å². The molecule has 1 aromatic carbocycles. The topological polar surface area (TPSA) is 96.8 Å². The quantitative estimate of drug-likeness (QED) is 0.857. The first kappa shape index (κ1) is 16.7. The molecule has 0 bridgehead atoms. The van der Waals surface area contributed by atoms with E-state index in [1.165, 1.54) is 5.01 Å². The van der Waals surface area contributed by atoms with Gasteiger partial charge in [-0.25, -0.2) is 0 Å². The van der Waals surface area contributed by atoms with Crippen LogP contribution in [0.15, 0.2) is 47.8 Å². The van der Waals surface area contributed by atoms with Crippen LogP contribution in [0.5, 0.6) is 0 Å². The molecule has 8 nitrogen and oxygen atoms in total. The van der Waals surface area contributed by atoms with E-state index >= 15 is 0 Å². The molecule has 2 heterocycles. The lowest BCUT2D eigenvalue weighted by Gasteiger charge is -2.20. The van der Waals surface area contributed by atoms with Crippen molar-refractivity contribution < 1.29 is 9.59 Å². The summed E-state index contributed by atoms with van der Waals surface area (Å²) in [4.78, 5) is 26.0. The highest BCUT2D eigenvalue weighted by Crippen LogP contribution is 2.24. The first-order chi connectivity index (χ1) is 12.0. The Balaban J connectivity index is 1.78. The van der Waals surface area contributed by atoms with Crippen LogP contribution >= 0.6 is 0 Å². The number of amides is 2. The predicted molar refractivity (Wildman–Crippen MR) is 93.6 cm³/mol. The number of carbonyl (C=O) groups is 2. The van der Waals surface area contributed by atoms with E-state index < -0.39 is 11.9 Å². The Labute approximate surface area is 145 Å². The summed E-state index contributed by atoms with van der Waals surface area (Å²) in [5.74, 6) is -0.737. The second-order valence-electron chi connectivity index (χ2n) is 6.03. The molecule has 2 amide bonds. The Morgan fingerprint density at radius 1 is 1.32 bits per heavy atom. The standard InChI is InChI=1S/C17H20N6O2/c1-21(10-12-9-19-22(2)11-12)17(25)14-8-15(16(18)24)23(20-14)13-6-4-3-5-7-13/h3-7,9,11,15H,8,10H2,1-2H3,(H2,18,24). The third-order valence-electron chi connectivity index (χ3n) is 4.03.